The first-order chi connectivity index (χ1) is 5.90. The number of aliphatic hydroxyl groups is 1. The fraction of sp³-hybridized carbons (Fsp3) is 0.375. The summed E-state index contributed by atoms with van der Waals surface area (Å²) in [5.41, 5.74) is 0.735. The molecule has 1 N–H and O–H groups in total. The second kappa shape index (κ2) is 2.98. The number of fused-ring (bicyclic) bond motifs is 1. The highest BCUT2D eigenvalue weighted by Crippen LogP contribution is 2.27. The van der Waals surface area contributed by atoms with Crippen molar-refractivity contribution in [3.05, 3.63) is 17.8 Å². The van der Waals surface area contributed by atoms with E-state index in [-0.39, 0.29) is 6.61 Å². The summed E-state index contributed by atoms with van der Waals surface area (Å²) < 4.78 is 10.5. The van der Waals surface area contributed by atoms with Crippen molar-refractivity contribution in [2.45, 2.75) is 6.61 Å². The third kappa shape index (κ3) is 1.21. The number of hydrogen-bond donors (Lipinski definition) is 1. The van der Waals surface area contributed by atoms with Crippen LogP contribution in [0.4, 0.5) is 0 Å². The molecule has 2 heterocycles. The minimum Gasteiger partial charge on any atom is -0.484 e. The average molecular weight is 167 g/mol. The number of aliphatic hydroxyl groups excluding tert-OH is 1. The maximum Gasteiger partial charge on any atom is 0.257 e. The number of nitrogens with zero attached hydrogens (tertiary/aromatic N) is 1. The van der Waals surface area contributed by atoms with Crippen molar-refractivity contribution >= 4 is 0 Å². The summed E-state index contributed by atoms with van der Waals surface area (Å²) in [5.74, 6) is 1.13. The molecule has 1 aromatic rings. The molecule has 0 fully saturated rings. The highest BCUT2D eigenvalue weighted by Gasteiger charge is 2.12. The Morgan fingerprint density at radius 1 is 1.42 bits per heavy atom. The van der Waals surface area contributed by atoms with Gasteiger partial charge in [-0.25, -0.2) is 4.98 Å². The third-order valence-electron chi connectivity index (χ3n) is 1.64. The van der Waals surface area contributed by atoms with Gasteiger partial charge in [-0.1, -0.05) is 0 Å². The number of pyridine rings is 1. The fourth-order valence-electron chi connectivity index (χ4n) is 1.06. The number of aromatic nitrogens is 1. The van der Waals surface area contributed by atoms with Crippen molar-refractivity contribution in [3.63, 3.8) is 0 Å². The normalized spacial score (nSPS) is 14.4. The first-order valence-electron chi connectivity index (χ1n) is 3.75. The van der Waals surface area contributed by atoms with Crippen molar-refractivity contribution in [1.82, 2.24) is 4.98 Å². The predicted octanol–water partition coefficient (Wildman–Crippen LogP) is 0.345. The summed E-state index contributed by atoms with van der Waals surface area (Å²) in [5, 5.41) is 8.80. The van der Waals surface area contributed by atoms with E-state index in [1.807, 2.05) is 0 Å². The lowest BCUT2D eigenvalue weighted by molar-refractivity contribution is 0.163. The molecule has 0 aromatic carbocycles. The quantitative estimate of drug-likeness (QED) is 0.655. The van der Waals surface area contributed by atoms with Crippen LogP contribution in [0.25, 0.3) is 0 Å². The zero-order valence-electron chi connectivity index (χ0n) is 6.49. The van der Waals surface area contributed by atoms with E-state index in [0.29, 0.717) is 24.8 Å². The highest BCUT2D eigenvalue weighted by molar-refractivity contribution is 5.36. The lowest BCUT2D eigenvalue weighted by Gasteiger charge is -2.17. The Morgan fingerprint density at radius 3 is 3.08 bits per heavy atom. The van der Waals surface area contributed by atoms with Crippen LogP contribution in [0, 0.1) is 0 Å². The fourth-order valence-corrected chi connectivity index (χ4v) is 1.06. The van der Waals surface area contributed by atoms with E-state index in [1.54, 1.807) is 12.3 Å². The molecule has 0 saturated heterocycles. The minimum atomic E-state index is -0.0242. The van der Waals surface area contributed by atoms with Gasteiger partial charge in [0.1, 0.15) is 13.2 Å². The number of rotatable bonds is 1. The molecule has 0 unspecified atom stereocenters. The Bertz CT molecular complexity index is 288. The molecular weight excluding hydrogens is 158 g/mol. The summed E-state index contributed by atoms with van der Waals surface area (Å²) in [6, 6.07) is 1.74. The van der Waals surface area contributed by atoms with Crippen LogP contribution in [-0.2, 0) is 6.61 Å². The molecular formula is C8H9NO3. The molecule has 0 saturated carbocycles. The molecule has 2 rings (SSSR count). The molecule has 4 heteroatoms. The van der Waals surface area contributed by atoms with Crippen molar-refractivity contribution in [1.29, 1.82) is 0 Å². The topological polar surface area (TPSA) is 51.6 Å². The van der Waals surface area contributed by atoms with Gasteiger partial charge in [0.25, 0.3) is 5.88 Å². The maximum atomic E-state index is 8.80. The monoisotopic (exact) mass is 167 g/mol. The van der Waals surface area contributed by atoms with E-state index in [0.717, 1.165) is 5.56 Å². The first-order valence-corrected chi connectivity index (χ1v) is 3.75. The van der Waals surface area contributed by atoms with Gasteiger partial charge in [-0.15, -0.1) is 0 Å². The summed E-state index contributed by atoms with van der Waals surface area (Å²) in [4.78, 5) is 3.98. The van der Waals surface area contributed by atoms with Crippen LogP contribution in [0.3, 0.4) is 0 Å². The molecule has 4 nitrogen and oxygen atoms in total. The molecule has 0 atom stereocenters. The highest BCUT2D eigenvalue weighted by atomic mass is 16.6. The van der Waals surface area contributed by atoms with Gasteiger partial charge < -0.3 is 14.6 Å². The minimum absolute atomic E-state index is 0.0242. The molecule has 1 aromatic heterocycles. The largest absolute Gasteiger partial charge is 0.484 e. The van der Waals surface area contributed by atoms with Crippen LogP contribution in [0.15, 0.2) is 12.3 Å². The van der Waals surface area contributed by atoms with Gasteiger partial charge in [0.15, 0.2) is 5.75 Å². The van der Waals surface area contributed by atoms with Crippen molar-refractivity contribution in [2.75, 3.05) is 13.2 Å². The molecule has 12 heavy (non-hydrogen) atoms. The van der Waals surface area contributed by atoms with Crippen molar-refractivity contribution < 1.29 is 14.6 Å². The van der Waals surface area contributed by atoms with E-state index in [9.17, 15) is 0 Å². The number of ether oxygens (including phenoxy) is 2. The van der Waals surface area contributed by atoms with Crippen molar-refractivity contribution in [2.24, 2.45) is 0 Å². The van der Waals surface area contributed by atoms with E-state index in [2.05, 4.69) is 4.98 Å². The van der Waals surface area contributed by atoms with Gasteiger partial charge in [-0.2, -0.15) is 0 Å². The molecule has 0 spiro atoms. The van der Waals surface area contributed by atoms with Crippen LogP contribution in [-0.4, -0.2) is 23.3 Å². The second-order valence-corrected chi connectivity index (χ2v) is 2.50. The Labute approximate surface area is 69.8 Å². The standard InChI is InChI=1S/C8H9NO3/c10-5-6-3-7-8(9-4-6)12-2-1-11-7/h3-4,10H,1-2,5H2. The molecule has 0 bridgehead atoms. The predicted molar refractivity (Wildman–Crippen MR) is 41.1 cm³/mol. The average Bonchev–Trinajstić information content (AvgIpc) is 2.17. The van der Waals surface area contributed by atoms with E-state index >= 15 is 0 Å². The third-order valence-corrected chi connectivity index (χ3v) is 1.64. The zero-order chi connectivity index (χ0) is 8.39. The summed E-state index contributed by atoms with van der Waals surface area (Å²) in [6.07, 6.45) is 1.58. The van der Waals surface area contributed by atoms with Gasteiger partial charge in [-0.05, 0) is 11.6 Å². The maximum absolute atomic E-state index is 8.80. The van der Waals surface area contributed by atoms with Crippen LogP contribution in [0.1, 0.15) is 5.56 Å². The van der Waals surface area contributed by atoms with Crippen molar-refractivity contribution in [3.8, 4) is 11.6 Å². The van der Waals surface area contributed by atoms with Crippen LogP contribution >= 0.6 is 0 Å². The van der Waals surface area contributed by atoms with E-state index in [1.165, 1.54) is 0 Å². The van der Waals surface area contributed by atoms with Gasteiger partial charge >= 0.3 is 0 Å². The summed E-state index contributed by atoms with van der Waals surface area (Å²) in [7, 11) is 0. The molecule has 64 valence electrons. The molecule has 0 aliphatic carbocycles. The zero-order valence-corrected chi connectivity index (χ0v) is 6.49. The summed E-state index contributed by atoms with van der Waals surface area (Å²) >= 11 is 0. The SMILES string of the molecule is OCc1cnc2c(c1)OCCO2. The molecule has 1 aliphatic rings. The van der Waals surface area contributed by atoms with Gasteiger partial charge in [0, 0.05) is 6.20 Å². The molecule has 0 radical (unpaired) electrons. The van der Waals surface area contributed by atoms with E-state index in [4.69, 9.17) is 14.6 Å². The van der Waals surface area contributed by atoms with Crippen LogP contribution < -0.4 is 9.47 Å². The van der Waals surface area contributed by atoms with E-state index < -0.39 is 0 Å². The van der Waals surface area contributed by atoms with Gasteiger partial charge in [0.05, 0.1) is 6.61 Å². The Balaban J connectivity index is 2.36. The lowest BCUT2D eigenvalue weighted by atomic mass is 10.3. The molecule has 0 amide bonds. The molecule has 1 aliphatic heterocycles. The lowest BCUT2D eigenvalue weighted by Crippen LogP contribution is -2.16. The Kier molecular flexibility index (Phi) is 1.83. The number of hydrogen-bond acceptors (Lipinski definition) is 4. The smallest absolute Gasteiger partial charge is 0.257 e. The Hall–Kier alpha value is -1.29. The Morgan fingerprint density at radius 2 is 2.25 bits per heavy atom. The van der Waals surface area contributed by atoms with Gasteiger partial charge in [0.2, 0.25) is 0 Å². The summed E-state index contributed by atoms with van der Waals surface area (Å²) in [6.45, 7) is 1.06. The first kappa shape index (κ1) is 7.36. The second-order valence-electron chi connectivity index (χ2n) is 2.50. The van der Waals surface area contributed by atoms with Gasteiger partial charge in [-0.3, -0.25) is 0 Å². The van der Waals surface area contributed by atoms with Crippen LogP contribution in [0.5, 0.6) is 11.6 Å². The van der Waals surface area contributed by atoms with Crippen LogP contribution in [0.2, 0.25) is 0 Å².